The smallest absolute Gasteiger partial charge is 0.271 e. The van der Waals surface area contributed by atoms with Crippen LogP contribution in [0.5, 0.6) is 0 Å². The van der Waals surface area contributed by atoms with Crippen molar-refractivity contribution < 1.29 is 9.90 Å². The molecule has 2 heterocycles. The molecule has 1 fully saturated rings. The number of aromatic nitrogens is 2. The Morgan fingerprint density at radius 1 is 0.886 bits per heavy atom. The SMILES string of the molecule is O=C(c1cnc(-c2ccc(Cl)cc2-c2ccccc2Cl)[nH]1)N1CCC(O)(c2ccc(Cl)cc2)CC1. The summed E-state index contributed by atoms with van der Waals surface area (Å²) in [5, 5.41) is 12.9. The first-order chi connectivity index (χ1) is 16.8. The van der Waals surface area contributed by atoms with E-state index in [0.717, 1.165) is 22.3 Å². The van der Waals surface area contributed by atoms with Crippen LogP contribution in [-0.4, -0.2) is 39.0 Å². The van der Waals surface area contributed by atoms with Crippen molar-refractivity contribution in [1.82, 2.24) is 14.9 Å². The van der Waals surface area contributed by atoms with E-state index < -0.39 is 5.60 Å². The molecule has 0 atom stereocenters. The quantitative estimate of drug-likeness (QED) is 0.306. The third kappa shape index (κ3) is 4.82. The molecule has 0 radical (unpaired) electrons. The van der Waals surface area contributed by atoms with E-state index in [4.69, 9.17) is 34.8 Å². The summed E-state index contributed by atoms with van der Waals surface area (Å²) in [5.74, 6) is 0.393. The molecule has 0 unspecified atom stereocenters. The highest BCUT2D eigenvalue weighted by molar-refractivity contribution is 6.34. The van der Waals surface area contributed by atoms with Crippen LogP contribution in [0.15, 0.2) is 72.9 Å². The number of piperidine rings is 1. The van der Waals surface area contributed by atoms with E-state index in [-0.39, 0.29) is 5.91 Å². The minimum atomic E-state index is -0.978. The second-order valence-electron chi connectivity index (χ2n) is 8.65. The Labute approximate surface area is 218 Å². The van der Waals surface area contributed by atoms with Gasteiger partial charge in [-0.15, -0.1) is 0 Å². The molecule has 1 saturated heterocycles. The maximum atomic E-state index is 13.2. The Morgan fingerprint density at radius 3 is 2.29 bits per heavy atom. The Bertz CT molecular complexity index is 1380. The summed E-state index contributed by atoms with van der Waals surface area (Å²) >= 11 is 18.7. The summed E-state index contributed by atoms with van der Waals surface area (Å²) in [6, 6.07) is 20.2. The molecule has 0 aliphatic carbocycles. The number of halogens is 3. The van der Waals surface area contributed by atoms with Gasteiger partial charge in [-0.05, 0) is 60.4 Å². The summed E-state index contributed by atoms with van der Waals surface area (Å²) in [6.45, 7) is 0.857. The number of hydrogen-bond acceptors (Lipinski definition) is 3. The fraction of sp³-hybridized carbons (Fsp3) is 0.185. The molecule has 35 heavy (non-hydrogen) atoms. The van der Waals surface area contributed by atoms with Gasteiger partial charge in [-0.25, -0.2) is 4.98 Å². The fourth-order valence-electron chi connectivity index (χ4n) is 4.49. The number of hydrogen-bond donors (Lipinski definition) is 2. The van der Waals surface area contributed by atoms with Gasteiger partial charge in [-0.2, -0.15) is 0 Å². The molecule has 178 valence electrons. The number of likely N-dealkylation sites (tertiary alicyclic amines) is 1. The van der Waals surface area contributed by atoms with Crippen molar-refractivity contribution in [2.45, 2.75) is 18.4 Å². The van der Waals surface area contributed by atoms with Crippen LogP contribution in [0, 0.1) is 0 Å². The van der Waals surface area contributed by atoms with Gasteiger partial charge in [0, 0.05) is 39.3 Å². The van der Waals surface area contributed by atoms with Crippen LogP contribution in [0.3, 0.4) is 0 Å². The van der Waals surface area contributed by atoms with Crippen LogP contribution < -0.4 is 0 Å². The molecular weight excluding hydrogens is 505 g/mol. The van der Waals surface area contributed by atoms with E-state index in [1.165, 1.54) is 0 Å². The second kappa shape index (κ2) is 9.67. The number of carbonyl (C=O) groups excluding carboxylic acids is 1. The molecule has 5 rings (SSSR count). The Balaban J connectivity index is 1.36. The van der Waals surface area contributed by atoms with E-state index in [0.29, 0.717) is 52.5 Å². The van der Waals surface area contributed by atoms with Gasteiger partial charge in [0.2, 0.25) is 0 Å². The number of rotatable bonds is 4. The number of benzene rings is 3. The largest absolute Gasteiger partial charge is 0.385 e. The number of aliphatic hydroxyl groups is 1. The standard InChI is InChI=1S/C27H22Cl3N3O2/c28-18-7-5-17(6-8-18)27(35)11-13-33(14-12-27)26(34)24-16-31-25(32-24)21-10-9-19(29)15-22(21)20-3-1-2-4-23(20)30/h1-10,15-16,35H,11-14H2,(H,31,32). The summed E-state index contributed by atoms with van der Waals surface area (Å²) in [6.07, 6.45) is 2.42. The highest BCUT2D eigenvalue weighted by Gasteiger charge is 2.36. The maximum absolute atomic E-state index is 13.2. The predicted octanol–water partition coefficient (Wildman–Crippen LogP) is 6.83. The number of amides is 1. The zero-order valence-corrected chi connectivity index (χ0v) is 20.9. The summed E-state index contributed by atoms with van der Waals surface area (Å²) in [5.41, 5.74) is 2.66. The Hall–Kier alpha value is -2.83. The molecule has 5 nitrogen and oxygen atoms in total. The Morgan fingerprint density at radius 2 is 1.57 bits per heavy atom. The lowest BCUT2D eigenvalue weighted by Crippen LogP contribution is -2.45. The second-order valence-corrected chi connectivity index (χ2v) is 9.93. The summed E-state index contributed by atoms with van der Waals surface area (Å²) < 4.78 is 0. The average Bonchev–Trinajstić information content (AvgIpc) is 3.35. The zero-order valence-electron chi connectivity index (χ0n) is 18.6. The molecule has 8 heteroatoms. The number of imidazole rings is 1. The minimum absolute atomic E-state index is 0.157. The molecule has 2 N–H and O–H groups in total. The molecule has 1 aliphatic heterocycles. The first-order valence-electron chi connectivity index (χ1n) is 11.2. The Kier molecular flexibility index (Phi) is 6.60. The van der Waals surface area contributed by atoms with Crippen LogP contribution >= 0.6 is 34.8 Å². The van der Waals surface area contributed by atoms with E-state index in [9.17, 15) is 9.90 Å². The van der Waals surface area contributed by atoms with E-state index in [1.54, 1.807) is 29.3 Å². The van der Waals surface area contributed by atoms with Gasteiger partial charge in [-0.1, -0.05) is 65.1 Å². The highest BCUT2D eigenvalue weighted by atomic mass is 35.5. The van der Waals surface area contributed by atoms with Crippen molar-refractivity contribution >= 4 is 40.7 Å². The molecule has 1 amide bonds. The zero-order chi connectivity index (χ0) is 24.6. The lowest BCUT2D eigenvalue weighted by Gasteiger charge is -2.38. The predicted molar refractivity (Wildman–Crippen MR) is 140 cm³/mol. The lowest BCUT2D eigenvalue weighted by molar-refractivity contribution is -0.0212. The minimum Gasteiger partial charge on any atom is -0.385 e. The van der Waals surface area contributed by atoms with Crippen molar-refractivity contribution in [3.05, 3.63) is 99.3 Å². The fourth-order valence-corrected chi connectivity index (χ4v) is 5.03. The van der Waals surface area contributed by atoms with Gasteiger partial charge < -0.3 is 15.0 Å². The van der Waals surface area contributed by atoms with Gasteiger partial charge in [0.05, 0.1) is 11.8 Å². The van der Waals surface area contributed by atoms with E-state index >= 15 is 0 Å². The third-order valence-electron chi connectivity index (χ3n) is 6.47. The summed E-state index contributed by atoms with van der Waals surface area (Å²) in [4.78, 5) is 22.6. The van der Waals surface area contributed by atoms with Gasteiger partial charge in [-0.3, -0.25) is 4.79 Å². The molecule has 1 aromatic heterocycles. The van der Waals surface area contributed by atoms with Crippen LogP contribution in [0.1, 0.15) is 28.9 Å². The van der Waals surface area contributed by atoms with Gasteiger partial charge in [0.1, 0.15) is 11.5 Å². The van der Waals surface area contributed by atoms with Crippen LogP contribution in [0.4, 0.5) is 0 Å². The summed E-state index contributed by atoms with van der Waals surface area (Å²) in [7, 11) is 0. The number of carbonyl (C=O) groups is 1. The van der Waals surface area contributed by atoms with Crippen molar-refractivity contribution in [2.24, 2.45) is 0 Å². The molecule has 0 spiro atoms. The normalized spacial score (nSPS) is 15.3. The monoisotopic (exact) mass is 525 g/mol. The van der Waals surface area contributed by atoms with E-state index in [1.807, 2.05) is 48.5 Å². The number of aromatic amines is 1. The van der Waals surface area contributed by atoms with Crippen molar-refractivity contribution in [1.29, 1.82) is 0 Å². The van der Waals surface area contributed by atoms with Crippen molar-refractivity contribution in [3.8, 4) is 22.5 Å². The van der Waals surface area contributed by atoms with E-state index in [2.05, 4.69) is 9.97 Å². The number of H-pyrrole nitrogens is 1. The molecule has 0 bridgehead atoms. The van der Waals surface area contributed by atoms with Crippen molar-refractivity contribution in [2.75, 3.05) is 13.1 Å². The molecule has 0 saturated carbocycles. The highest BCUT2D eigenvalue weighted by Crippen LogP contribution is 2.37. The molecule has 3 aromatic carbocycles. The van der Waals surface area contributed by atoms with Crippen LogP contribution in [0.25, 0.3) is 22.5 Å². The average molecular weight is 527 g/mol. The van der Waals surface area contributed by atoms with Gasteiger partial charge in [0.25, 0.3) is 5.91 Å². The van der Waals surface area contributed by atoms with Gasteiger partial charge >= 0.3 is 0 Å². The van der Waals surface area contributed by atoms with Crippen LogP contribution in [0.2, 0.25) is 15.1 Å². The first kappa shape index (κ1) is 23.9. The number of nitrogens with one attached hydrogen (secondary N) is 1. The topological polar surface area (TPSA) is 69.2 Å². The first-order valence-corrected chi connectivity index (χ1v) is 12.3. The maximum Gasteiger partial charge on any atom is 0.271 e. The molecule has 1 aliphatic rings. The third-order valence-corrected chi connectivity index (χ3v) is 7.28. The van der Waals surface area contributed by atoms with Crippen LogP contribution in [-0.2, 0) is 5.60 Å². The van der Waals surface area contributed by atoms with Crippen molar-refractivity contribution in [3.63, 3.8) is 0 Å². The van der Waals surface area contributed by atoms with Gasteiger partial charge in [0.15, 0.2) is 0 Å². The molecular formula is C27H22Cl3N3O2. The molecule has 4 aromatic rings. The lowest BCUT2D eigenvalue weighted by atomic mass is 9.84. The number of nitrogens with zero attached hydrogens (tertiary/aromatic N) is 2.